The lowest BCUT2D eigenvalue weighted by molar-refractivity contribution is 0.0221. The van der Waals surface area contributed by atoms with Crippen LogP contribution in [0.1, 0.15) is 12.8 Å². The smallest absolute Gasteiger partial charge is 0.203 e. The normalized spacial score (nSPS) is 21.1. The molecule has 0 radical (unpaired) electrons. The van der Waals surface area contributed by atoms with Crippen molar-refractivity contribution < 1.29 is 23.7 Å². The molecule has 2 atom stereocenters. The van der Waals surface area contributed by atoms with E-state index in [9.17, 15) is 0 Å². The Bertz CT molecular complexity index is 440. The molecule has 21 heavy (non-hydrogen) atoms. The van der Waals surface area contributed by atoms with Gasteiger partial charge in [0, 0.05) is 18.7 Å². The Hall–Kier alpha value is -1.66. The predicted octanol–water partition coefficient (Wildman–Crippen LogP) is 1.60. The van der Waals surface area contributed by atoms with E-state index in [1.54, 1.807) is 33.5 Å². The maximum atomic E-state index is 5.79. The molecule has 0 aliphatic carbocycles. The monoisotopic (exact) mass is 297 g/mol. The number of ether oxygens (including phenoxy) is 5. The highest BCUT2D eigenvalue weighted by molar-refractivity contribution is 5.55. The lowest BCUT2D eigenvalue weighted by atomic mass is 10.2. The summed E-state index contributed by atoms with van der Waals surface area (Å²) in [5, 5.41) is 0. The first-order valence-corrected chi connectivity index (χ1v) is 7.00. The summed E-state index contributed by atoms with van der Waals surface area (Å²) in [6.07, 6.45) is 2.18. The van der Waals surface area contributed by atoms with Crippen LogP contribution >= 0.6 is 0 Å². The molecule has 1 aliphatic rings. The zero-order chi connectivity index (χ0) is 15.2. The summed E-state index contributed by atoms with van der Waals surface area (Å²) in [6, 6.07) is 3.55. The van der Waals surface area contributed by atoms with Gasteiger partial charge in [0.25, 0.3) is 0 Å². The van der Waals surface area contributed by atoms with Crippen molar-refractivity contribution in [1.29, 1.82) is 0 Å². The van der Waals surface area contributed by atoms with Crippen molar-refractivity contribution in [3.63, 3.8) is 0 Å². The average molecular weight is 297 g/mol. The standard InChI is InChI=1S/C15H23NO5/c1-17-13-6-12(7-14(18-2)15(13)19-3)20-9-11-5-4-10(8-16)21-11/h6-7,10-11H,4-5,8-9,16H2,1-3H3. The fourth-order valence-corrected chi connectivity index (χ4v) is 2.41. The Morgan fingerprint density at radius 2 is 1.67 bits per heavy atom. The summed E-state index contributed by atoms with van der Waals surface area (Å²) in [5.74, 6) is 2.34. The van der Waals surface area contributed by atoms with Gasteiger partial charge < -0.3 is 29.4 Å². The van der Waals surface area contributed by atoms with Gasteiger partial charge in [-0.3, -0.25) is 0 Å². The van der Waals surface area contributed by atoms with Gasteiger partial charge in [0.1, 0.15) is 12.4 Å². The van der Waals surface area contributed by atoms with E-state index in [2.05, 4.69) is 0 Å². The highest BCUT2D eigenvalue weighted by Gasteiger charge is 2.25. The molecule has 1 heterocycles. The third-order valence-electron chi connectivity index (χ3n) is 3.53. The summed E-state index contributed by atoms with van der Waals surface area (Å²) >= 11 is 0. The third kappa shape index (κ3) is 3.71. The number of methoxy groups -OCH3 is 3. The molecule has 6 heteroatoms. The van der Waals surface area contributed by atoms with Crippen LogP contribution in [0.5, 0.6) is 23.0 Å². The molecule has 2 rings (SSSR count). The quantitative estimate of drug-likeness (QED) is 0.824. The largest absolute Gasteiger partial charge is 0.493 e. The van der Waals surface area contributed by atoms with Gasteiger partial charge in [0.2, 0.25) is 5.75 Å². The zero-order valence-corrected chi connectivity index (χ0v) is 12.8. The highest BCUT2D eigenvalue weighted by atomic mass is 16.5. The van der Waals surface area contributed by atoms with Crippen LogP contribution in [0.15, 0.2) is 12.1 Å². The minimum absolute atomic E-state index is 0.0811. The first-order valence-electron chi connectivity index (χ1n) is 7.00. The van der Waals surface area contributed by atoms with E-state index < -0.39 is 0 Å². The fraction of sp³-hybridized carbons (Fsp3) is 0.600. The molecule has 118 valence electrons. The second-order valence-electron chi connectivity index (χ2n) is 4.87. The van der Waals surface area contributed by atoms with Gasteiger partial charge in [0.15, 0.2) is 11.5 Å². The van der Waals surface area contributed by atoms with E-state index in [1.165, 1.54) is 0 Å². The molecular weight excluding hydrogens is 274 g/mol. The summed E-state index contributed by atoms with van der Waals surface area (Å²) in [4.78, 5) is 0. The molecule has 2 N–H and O–H groups in total. The molecule has 1 aromatic carbocycles. The molecule has 0 saturated carbocycles. The van der Waals surface area contributed by atoms with E-state index in [1.807, 2.05) is 0 Å². The molecule has 1 fully saturated rings. The molecule has 1 aliphatic heterocycles. The van der Waals surface area contributed by atoms with E-state index in [4.69, 9.17) is 29.4 Å². The van der Waals surface area contributed by atoms with Crippen molar-refractivity contribution in [3.05, 3.63) is 12.1 Å². The van der Waals surface area contributed by atoms with E-state index in [-0.39, 0.29) is 12.2 Å². The Kier molecular flexibility index (Phi) is 5.52. The molecule has 0 amide bonds. The number of hydrogen-bond donors (Lipinski definition) is 1. The molecule has 0 bridgehead atoms. The van der Waals surface area contributed by atoms with Crippen LogP contribution in [0, 0.1) is 0 Å². The van der Waals surface area contributed by atoms with Crippen molar-refractivity contribution in [1.82, 2.24) is 0 Å². The maximum absolute atomic E-state index is 5.79. The van der Waals surface area contributed by atoms with E-state index in [0.717, 1.165) is 12.8 Å². The molecule has 0 aromatic heterocycles. The third-order valence-corrected chi connectivity index (χ3v) is 3.53. The Labute approximate surface area is 125 Å². The molecule has 0 spiro atoms. The number of hydrogen-bond acceptors (Lipinski definition) is 6. The second-order valence-corrected chi connectivity index (χ2v) is 4.87. The van der Waals surface area contributed by atoms with Crippen LogP contribution in [-0.2, 0) is 4.74 Å². The maximum Gasteiger partial charge on any atom is 0.203 e. The first-order chi connectivity index (χ1) is 10.2. The van der Waals surface area contributed by atoms with Crippen LogP contribution < -0.4 is 24.7 Å². The highest BCUT2D eigenvalue weighted by Crippen LogP contribution is 2.40. The van der Waals surface area contributed by atoms with E-state index >= 15 is 0 Å². The minimum Gasteiger partial charge on any atom is -0.493 e. The first kappa shape index (κ1) is 15.7. The van der Waals surface area contributed by atoms with Crippen LogP contribution in [-0.4, -0.2) is 46.7 Å². The van der Waals surface area contributed by atoms with Crippen LogP contribution in [0.4, 0.5) is 0 Å². The van der Waals surface area contributed by atoms with Gasteiger partial charge in [-0.15, -0.1) is 0 Å². The lowest BCUT2D eigenvalue weighted by Crippen LogP contribution is -2.23. The van der Waals surface area contributed by atoms with Gasteiger partial charge in [0.05, 0.1) is 33.5 Å². The van der Waals surface area contributed by atoms with E-state index in [0.29, 0.717) is 36.1 Å². The Morgan fingerprint density at radius 1 is 1.05 bits per heavy atom. The molecular formula is C15H23NO5. The van der Waals surface area contributed by atoms with Gasteiger partial charge in [-0.1, -0.05) is 0 Å². The zero-order valence-electron chi connectivity index (χ0n) is 12.8. The summed E-state index contributed by atoms with van der Waals surface area (Å²) in [6.45, 7) is 1.04. The van der Waals surface area contributed by atoms with Gasteiger partial charge >= 0.3 is 0 Å². The predicted molar refractivity (Wildman–Crippen MR) is 78.5 cm³/mol. The van der Waals surface area contributed by atoms with Crippen molar-refractivity contribution in [2.24, 2.45) is 5.73 Å². The average Bonchev–Trinajstić information content (AvgIpc) is 2.99. The van der Waals surface area contributed by atoms with Gasteiger partial charge in [-0.2, -0.15) is 0 Å². The van der Waals surface area contributed by atoms with Crippen LogP contribution in [0.2, 0.25) is 0 Å². The minimum atomic E-state index is 0.0811. The second kappa shape index (κ2) is 7.38. The number of rotatable bonds is 7. The topological polar surface area (TPSA) is 72.2 Å². The fourth-order valence-electron chi connectivity index (χ4n) is 2.41. The Morgan fingerprint density at radius 3 is 2.14 bits per heavy atom. The molecule has 6 nitrogen and oxygen atoms in total. The van der Waals surface area contributed by atoms with Crippen molar-refractivity contribution >= 4 is 0 Å². The molecule has 1 saturated heterocycles. The Balaban J connectivity index is 2.03. The molecule has 2 unspecified atom stereocenters. The number of nitrogens with two attached hydrogens (primary N) is 1. The van der Waals surface area contributed by atoms with Crippen molar-refractivity contribution in [2.45, 2.75) is 25.0 Å². The SMILES string of the molecule is COc1cc(OCC2CCC(CN)O2)cc(OC)c1OC. The van der Waals surface area contributed by atoms with Crippen molar-refractivity contribution in [2.75, 3.05) is 34.5 Å². The van der Waals surface area contributed by atoms with Gasteiger partial charge in [-0.25, -0.2) is 0 Å². The summed E-state index contributed by atoms with van der Waals surface area (Å²) in [7, 11) is 4.72. The number of benzene rings is 1. The summed E-state index contributed by atoms with van der Waals surface area (Å²) in [5.41, 5.74) is 5.60. The molecule has 1 aromatic rings. The summed E-state index contributed by atoms with van der Waals surface area (Å²) < 4.78 is 27.4. The van der Waals surface area contributed by atoms with Crippen molar-refractivity contribution in [3.8, 4) is 23.0 Å². The van der Waals surface area contributed by atoms with Crippen LogP contribution in [0.25, 0.3) is 0 Å². The van der Waals surface area contributed by atoms with Gasteiger partial charge in [-0.05, 0) is 12.8 Å². The lowest BCUT2D eigenvalue weighted by Gasteiger charge is -2.16. The van der Waals surface area contributed by atoms with Crippen LogP contribution in [0.3, 0.4) is 0 Å².